The Morgan fingerprint density at radius 3 is 1.43 bits per heavy atom. The van der Waals surface area contributed by atoms with Gasteiger partial charge in [0.15, 0.2) is 4.84 Å². The molecule has 0 spiro atoms. The summed E-state index contributed by atoms with van der Waals surface area (Å²) in [5, 5.41) is 0. The first-order valence-corrected chi connectivity index (χ1v) is 3.34. The average molecular weight is 199 g/mol. The van der Waals surface area contributed by atoms with Crippen molar-refractivity contribution in [2.75, 3.05) is 0 Å². The molecule has 43 valence electrons. The molecule has 0 rings (SSSR count). The summed E-state index contributed by atoms with van der Waals surface area (Å²) in [5.41, 5.74) is 0. The fourth-order valence-electron chi connectivity index (χ4n) is 0. The first kappa shape index (κ1) is 8.51. The van der Waals surface area contributed by atoms with E-state index in [1.165, 1.54) is 0 Å². The summed E-state index contributed by atoms with van der Waals surface area (Å²) in [6.07, 6.45) is 0. The van der Waals surface area contributed by atoms with Crippen LogP contribution in [0.15, 0.2) is 0 Å². The Hall–Kier alpha value is 1.51. The molecular weight excluding hydrogens is 198 g/mol. The molecule has 0 fully saturated rings. The minimum atomic E-state index is -1.44. The van der Waals surface area contributed by atoms with Gasteiger partial charge in [0.1, 0.15) is 0 Å². The second-order valence-electron chi connectivity index (χ2n) is 0.862. The lowest BCUT2D eigenvalue weighted by Crippen LogP contribution is -2.11. The molecule has 0 saturated carbocycles. The minimum absolute atomic E-state index is 0.911. The number of rotatable bonds is 1. The average Bonchev–Trinajstić information content (AvgIpc) is 1.31. The van der Waals surface area contributed by atoms with Crippen LogP contribution in [-0.2, 0) is 0 Å². The summed E-state index contributed by atoms with van der Waals surface area (Å²) >= 11 is 25.0. The minimum Gasteiger partial charge on any atom is -0.101 e. The molecule has 0 aliphatic carbocycles. The van der Waals surface area contributed by atoms with E-state index >= 15 is 0 Å². The van der Waals surface area contributed by atoms with Gasteiger partial charge in [-0.15, -0.1) is 23.2 Å². The summed E-state index contributed by atoms with van der Waals surface area (Å²) in [6, 6.07) is 0. The molecule has 7 heavy (non-hydrogen) atoms. The van der Waals surface area contributed by atoms with Crippen LogP contribution >= 0.6 is 59.0 Å². The summed E-state index contributed by atoms with van der Waals surface area (Å²) in [5.74, 6) is 0. The molecule has 0 N–H and O–H groups in total. The van der Waals surface area contributed by atoms with Gasteiger partial charge in [-0.3, -0.25) is 0 Å². The van der Waals surface area contributed by atoms with Crippen molar-refractivity contribution in [2.45, 2.75) is 8.50 Å². The molecular formula is C2HCl4S. The maximum absolute atomic E-state index is 5.18. The molecule has 0 aromatic rings. The largest absolute Gasteiger partial charge is 0.202 e. The van der Waals surface area contributed by atoms with Gasteiger partial charge < -0.3 is 0 Å². The van der Waals surface area contributed by atoms with Crippen molar-refractivity contribution < 1.29 is 0 Å². The molecule has 0 aromatic heterocycles. The molecule has 0 unspecified atom stereocenters. The van der Waals surface area contributed by atoms with Crippen molar-refractivity contribution in [3.63, 3.8) is 0 Å². The van der Waals surface area contributed by atoms with Crippen molar-refractivity contribution >= 4 is 59.0 Å². The lowest BCUT2D eigenvalue weighted by molar-refractivity contribution is 1.22. The maximum Gasteiger partial charge on any atom is 0.202 e. The summed E-state index contributed by atoms with van der Waals surface area (Å²) < 4.78 is -1.44. The van der Waals surface area contributed by atoms with Crippen LogP contribution < -0.4 is 0 Å². The highest BCUT2D eigenvalue weighted by molar-refractivity contribution is 7.85. The van der Waals surface area contributed by atoms with Gasteiger partial charge in [-0.2, -0.15) is 0 Å². The first-order chi connectivity index (χ1) is 2.94. The van der Waals surface area contributed by atoms with Crippen LogP contribution in [0, 0.1) is 0 Å². The Morgan fingerprint density at radius 2 is 1.43 bits per heavy atom. The lowest BCUT2D eigenvalue weighted by Gasteiger charge is -2.09. The fraction of sp³-hybridized carbons (Fsp3) is 1.00. The fourth-order valence-corrected chi connectivity index (χ4v) is 0. The van der Waals surface area contributed by atoms with Crippen LogP contribution in [0.2, 0.25) is 0 Å². The Morgan fingerprint density at radius 1 is 1.29 bits per heavy atom. The van der Waals surface area contributed by atoms with E-state index in [1.54, 1.807) is 0 Å². The highest BCUT2D eigenvalue weighted by atomic mass is 35.5. The van der Waals surface area contributed by atoms with E-state index in [0.717, 1.165) is 0 Å². The lowest BCUT2D eigenvalue weighted by atomic mass is 10.9. The zero-order valence-electron chi connectivity index (χ0n) is 3.00. The monoisotopic (exact) mass is 197 g/mol. The second kappa shape index (κ2) is 2.88. The molecule has 0 bridgehead atoms. The summed E-state index contributed by atoms with van der Waals surface area (Å²) in [7, 11) is 0. The second-order valence-corrected chi connectivity index (χ2v) is 4.44. The number of alkyl halides is 4. The molecule has 5 heteroatoms. The predicted octanol–water partition coefficient (Wildman–Crippen LogP) is 3.12. The smallest absolute Gasteiger partial charge is 0.101 e. The summed E-state index contributed by atoms with van der Waals surface area (Å²) in [6.45, 7) is 0. The van der Waals surface area contributed by atoms with Gasteiger partial charge in [-0.05, 0) is 12.6 Å². The molecule has 0 saturated heterocycles. The van der Waals surface area contributed by atoms with Crippen LogP contribution in [0.4, 0.5) is 0 Å². The van der Waals surface area contributed by atoms with Gasteiger partial charge in [-0.1, -0.05) is 23.2 Å². The Kier molecular flexibility index (Phi) is 3.50. The molecule has 1 radical (unpaired) electrons. The van der Waals surface area contributed by atoms with Crippen LogP contribution in [0.25, 0.3) is 0 Å². The molecule has 0 aromatic carbocycles. The molecule has 0 nitrogen and oxygen atoms in total. The molecule has 0 amide bonds. The SMILES string of the molecule is [S]C(Cl)(Cl)C(Cl)Cl. The standard InChI is InChI=1S/C2HCl4S/c3-1(4)2(5,6)7/h1H. The Labute approximate surface area is 67.5 Å². The Bertz CT molecular complexity index is 55.2. The normalized spacial score (nSPS) is 12.9. The van der Waals surface area contributed by atoms with E-state index in [0.29, 0.717) is 0 Å². The van der Waals surface area contributed by atoms with Crippen LogP contribution in [-0.4, -0.2) is 8.50 Å². The van der Waals surface area contributed by atoms with Gasteiger partial charge >= 0.3 is 0 Å². The van der Waals surface area contributed by atoms with E-state index < -0.39 is 8.50 Å². The van der Waals surface area contributed by atoms with Crippen molar-refractivity contribution in [2.24, 2.45) is 0 Å². The molecule has 0 atom stereocenters. The van der Waals surface area contributed by atoms with Gasteiger partial charge in [-0.25, -0.2) is 0 Å². The Balaban J connectivity index is 3.54. The zero-order chi connectivity index (χ0) is 6.08. The van der Waals surface area contributed by atoms with Crippen molar-refractivity contribution in [1.29, 1.82) is 0 Å². The van der Waals surface area contributed by atoms with Gasteiger partial charge in [0.2, 0.25) is 3.67 Å². The topological polar surface area (TPSA) is 0 Å². The van der Waals surface area contributed by atoms with Gasteiger partial charge in [0.05, 0.1) is 0 Å². The molecule has 0 aliphatic rings. The summed E-state index contributed by atoms with van der Waals surface area (Å²) in [4.78, 5) is -0.911. The number of hydrogen-bond acceptors (Lipinski definition) is 0. The van der Waals surface area contributed by atoms with E-state index in [2.05, 4.69) is 12.6 Å². The predicted molar refractivity (Wildman–Crippen MR) is 37.5 cm³/mol. The number of halogens is 4. The quantitative estimate of drug-likeness (QED) is 0.569. The van der Waals surface area contributed by atoms with Crippen molar-refractivity contribution in [3.8, 4) is 0 Å². The van der Waals surface area contributed by atoms with E-state index in [9.17, 15) is 0 Å². The highest BCUT2D eigenvalue weighted by Gasteiger charge is 2.27. The van der Waals surface area contributed by atoms with E-state index in [1.807, 2.05) is 0 Å². The molecule has 0 aliphatic heterocycles. The van der Waals surface area contributed by atoms with E-state index in [4.69, 9.17) is 46.4 Å². The third kappa shape index (κ3) is 4.04. The number of hydrogen-bond donors (Lipinski definition) is 0. The van der Waals surface area contributed by atoms with Crippen LogP contribution in [0.3, 0.4) is 0 Å². The van der Waals surface area contributed by atoms with Crippen LogP contribution in [0.5, 0.6) is 0 Å². The van der Waals surface area contributed by atoms with Gasteiger partial charge in [0.25, 0.3) is 0 Å². The third-order valence-electron chi connectivity index (χ3n) is 0.254. The van der Waals surface area contributed by atoms with E-state index in [-0.39, 0.29) is 0 Å². The maximum atomic E-state index is 5.18. The van der Waals surface area contributed by atoms with Gasteiger partial charge in [0, 0.05) is 0 Å². The third-order valence-corrected chi connectivity index (χ3v) is 2.29. The van der Waals surface area contributed by atoms with Crippen molar-refractivity contribution in [3.05, 3.63) is 0 Å². The van der Waals surface area contributed by atoms with Crippen molar-refractivity contribution in [1.82, 2.24) is 0 Å². The van der Waals surface area contributed by atoms with Crippen LogP contribution in [0.1, 0.15) is 0 Å². The zero-order valence-corrected chi connectivity index (χ0v) is 6.84. The molecule has 0 heterocycles. The highest BCUT2D eigenvalue weighted by Crippen LogP contribution is 2.35. The first-order valence-electron chi connectivity index (χ1n) is 1.31.